The fourth-order valence-corrected chi connectivity index (χ4v) is 2.31. The molecule has 0 bridgehead atoms. The summed E-state index contributed by atoms with van der Waals surface area (Å²) in [6.07, 6.45) is 2.16. The van der Waals surface area contributed by atoms with Crippen molar-refractivity contribution >= 4 is 29.0 Å². The number of benzene rings is 1. The summed E-state index contributed by atoms with van der Waals surface area (Å²) in [6.45, 7) is 0.237. The molecular weight excluding hydrogens is 248 g/mol. The second-order valence-corrected chi connectivity index (χ2v) is 5.15. The van der Waals surface area contributed by atoms with E-state index in [9.17, 15) is 4.79 Å². The van der Waals surface area contributed by atoms with Crippen LogP contribution >= 0.6 is 11.8 Å². The van der Waals surface area contributed by atoms with Gasteiger partial charge < -0.3 is 16.2 Å². The summed E-state index contributed by atoms with van der Waals surface area (Å²) in [4.78, 5) is 11.6. The summed E-state index contributed by atoms with van der Waals surface area (Å²) in [6, 6.07) is 7.24. The van der Waals surface area contributed by atoms with Crippen molar-refractivity contribution in [2.75, 3.05) is 29.2 Å². The van der Waals surface area contributed by atoms with Crippen molar-refractivity contribution in [3.05, 3.63) is 24.3 Å². The Morgan fingerprint density at radius 1 is 1.28 bits per heavy atom. The van der Waals surface area contributed by atoms with Gasteiger partial charge >= 0.3 is 0 Å². The van der Waals surface area contributed by atoms with Crippen molar-refractivity contribution in [1.82, 2.24) is 0 Å². The Morgan fingerprint density at radius 3 is 2.72 bits per heavy atom. The first-order valence-corrected chi connectivity index (χ1v) is 7.22. The third-order valence-electron chi connectivity index (χ3n) is 2.37. The first kappa shape index (κ1) is 14.9. The summed E-state index contributed by atoms with van der Waals surface area (Å²) in [5, 5.41) is 11.4. The van der Waals surface area contributed by atoms with E-state index in [1.807, 2.05) is 12.1 Å². The van der Waals surface area contributed by atoms with E-state index in [2.05, 4.69) is 5.32 Å². The molecule has 4 nitrogen and oxygen atoms in total. The molecule has 0 aromatic heterocycles. The summed E-state index contributed by atoms with van der Waals surface area (Å²) in [5.74, 6) is 1.89. The highest BCUT2D eigenvalue weighted by atomic mass is 32.2. The highest BCUT2D eigenvalue weighted by Crippen LogP contribution is 2.17. The van der Waals surface area contributed by atoms with Crippen LogP contribution in [0.4, 0.5) is 11.4 Å². The van der Waals surface area contributed by atoms with Gasteiger partial charge in [-0.25, -0.2) is 0 Å². The number of anilines is 2. The number of hydrogen-bond donors (Lipinski definition) is 3. The summed E-state index contributed by atoms with van der Waals surface area (Å²) < 4.78 is 0. The molecule has 0 heterocycles. The molecule has 1 aromatic rings. The lowest BCUT2D eigenvalue weighted by Crippen LogP contribution is -2.12. The van der Waals surface area contributed by atoms with Crippen LogP contribution in [-0.4, -0.2) is 29.1 Å². The van der Waals surface area contributed by atoms with Crippen LogP contribution in [-0.2, 0) is 4.79 Å². The fourth-order valence-electron chi connectivity index (χ4n) is 1.43. The highest BCUT2D eigenvalue weighted by Gasteiger charge is 2.04. The number of thioether (sulfide) groups is 1. The highest BCUT2D eigenvalue weighted by molar-refractivity contribution is 7.99. The van der Waals surface area contributed by atoms with Gasteiger partial charge in [0.1, 0.15) is 0 Å². The number of carbonyl (C=O) groups excluding carboxylic acids is 1. The second-order valence-electron chi connectivity index (χ2n) is 3.93. The molecule has 0 saturated carbocycles. The van der Waals surface area contributed by atoms with Gasteiger partial charge in [-0.3, -0.25) is 4.79 Å². The first-order valence-electron chi connectivity index (χ1n) is 6.07. The number of hydrogen-bond acceptors (Lipinski definition) is 4. The molecule has 0 radical (unpaired) electrons. The zero-order valence-electron chi connectivity index (χ0n) is 10.4. The van der Waals surface area contributed by atoms with Gasteiger partial charge in [-0.1, -0.05) is 12.1 Å². The standard InChI is InChI=1S/C13H20N2O2S/c14-11-5-1-2-6-12(11)15-13(17)7-3-9-18-10-4-8-16/h1-2,5-6,16H,3-4,7-10,14H2,(H,15,17). The van der Waals surface area contributed by atoms with E-state index in [1.54, 1.807) is 23.9 Å². The molecule has 5 heteroatoms. The summed E-state index contributed by atoms with van der Waals surface area (Å²) in [5.41, 5.74) is 7.00. The van der Waals surface area contributed by atoms with Gasteiger partial charge in [-0.15, -0.1) is 0 Å². The predicted octanol–water partition coefficient (Wildman–Crippen LogP) is 2.10. The van der Waals surface area contributed by atoms with E-state index in [-0.39, 0.29) is 12.5 Å². The number of nitrogens with two attached hydrogens (primary N) is 1. The summed E-state index contributed by atoms with van der Waals surface area (Å²) >= 11 is 1.76. The molecule has 0 atom stereocenters. The Morgan fingerprint density at radius 2 is 2.00 bits per heavy atom. The number of para-hydroxylation sites is 2. The number of carbonyl (C=O) groups is 1. The van der Waals surface area contributed by atoms with Gasteiger partial charge in [0.2, 0.25) is 5.91 Å². The molecule has 0 saturated heterocycles. The minimum absolute atomic E-state index is 0.00402. The number of aliphatic hydroxyl groups is 1. The van der Waals surface area contributed by atoms with Gasteiger partial charge in [0.15, 0.2) is 0 Å². The lowest BCUT2D eigenvalue weighted by atomic mass is 10.2. The van der Waals surface area contributed by atoms with Crippen molar-refractivity contribution in [3.8, 4) is 0 Å². The number of amides is 1. The van der Waals surface area contributed by atoms with Crippen molar-refractivity contribution in [2.45, 2.75) is 19.3 Å². The van der Waals surface area contributed by atoms with E-state index in [1.165, 1.54) is 0 Å². The second kappa shape index (κ2) is 8.83. The Balaban J connectivity index is 2.16. The van der Waals surface area contributed by atoms with Gasteiger partial charge in [0.25, 0.3) is 0 Å². The quantitative estimate of drug-likeness (QED) is 0.498. The summed E-state index contributed by atoms with van der Waals surface area (Å²) in [7, 11) is 0. The molecule has 100 valence electrons. The fraction of sp³-hybridized carbons (Fsp3) is 0.462. The largest absolute Gasteiger partial charge is 0.397 e. The van der Waals surface area contributed by atoms with Crippen molar-refractivity contribution in [2.24, 2.45) is 0 Å². The molecule has 0 aliphatic rings. The average Bonchev–Trinajstić information content (AvgIpc) is 2.36. The molecule has 1 amide bonds. The van der Waals surface area contributed by atoms with Crippen LogP contribution in [0.2, 0.25) is 0 Å². The zero-order chi connectivity index (χ0) is 13.2. The van der Waals surface area contributed by atoms with Crippen LogP contribution < -0.4 is 11.1 Å². The topological polar surface area (TPSA) is 75.3 Å². The SMILES string of the molecule is Nc1ccccc1NC(=O)CCCSCCCO. The zero-order valence-corrected chi connectivity index (χ0v) is 11.2. The van der Waals surface area contributed by atoms with Crippen LogP contribution in [0.15, 0.2) is 24.3 Å². The Hall–Kier alpha value is -1.20. The maximum absolute atomic E-state index is 11.6. The molecule has 0 spiro atoms. The third kappa shape index (κ3) is 5.93. The van der Waals surface area contributed by atoms with Gasteiger partial charge in [-0.05, 0) is 36.5 Å². The number of rotatable bonds is 8. The van der Waals surface area contributed by atoms with E-state index >= 15 is 0 Å². The van der Waals surface area contributed by atoms with Gasteiger partial charge in [0.05, 0.1) is 11.4 Å². The Kier molecular flexibility index (Phi) is 7.29. The van der Waals surface area contributed by atoms with E-state index in [0.29, 0.717) is 17.8 Å². The third-order valence-corrected chi connectivity index (χ3v) is 3.53. The maximum Gasteiger partial charge on any atom is 0.224 e. The molecule has 0 fully saturated rings. The molecule has 1 aromatic carbocycles. The lowest BCUT2D eigenvalue weighted by molar-refractivity contribution is -0.116. The van der Waals surface area contributed by atoms with Crippen LogP contribution in [0.1, 0.15) is 19.3 Å². The first-order chi connectivity index (χ1) is 8.74. The number of nitrogen functional groups attached to an aromatic ring is 1. The molecule has 0 aliphatic heterocycles. The minimum atomic E-state index is -0.00402. The molecule has 18 heavy (non-hydrogen) atoms. The lowest BCUT2D eigenvalue weighted by Gasteiger charge is -2.07. The average molecular weight is 268 g/mol. The van der Waals surface area contributed by atoms with Crippen LogP contribution in [0, 0.1) is 0 Å². The maximum atomic E-state index is 11.6. The van der Waals surface area contributed by atoms with E-state index in [0.717, 1.165) is 24.3 Å². The molecule has 4 N–H and O–H groups in total. The van der Waals surface area contributed by atoms with Crippen molar-refractivity contribution < 1.29 is 9.90 Å². The predicted molar refractivity (Wildman–Crippen MR) is 77.7 cm³/mol. The minimum Gasteiger partial charge on any atom is -0.397 e. The van der Waals surface area contributed by atoms with Crippen molar-refractivity contribution in [1.29, 1.82) is 0 Å². The molecular formula is C13H20N2O2S. The Labute approximate surface area is 112 Å². The van der Waals surface area contributed by atoms with Crippen LogP contribution in [0.3, 0.4) is 0 Å². The normalized spacial score (nSPS) is 10.3. The number of aliphatic hydroxyl groups excluding tert-OH is 1. The van der Waals surface area contributed by atoms with E-state index < -0.39 is 0 Å². The molecule has 0 aliphatic carbocycles. The van der Waals surface area contributed by atoms with Crippen molar-refractivity contribution in [3.63, 3.8) is 0 Å². The van der Waals surface area contributed by atoms with Crippen LogP contribution in [0.25, 0.3) is 0 Å². The van der Waals surface area contributed by atoms with Gasteiger partial charge in [0, 0.05) is 13.0 Å². The molecule has 0 unspecified atom stereocenters. The smallest absolute Gasteiger partial charge is 0.224 e. The van der Waals surface area contributed by atoms with Gasteiger partial charge in [-0.2, -0.15) is 11.8 Å². The Bertz CT molecular complexity index is 372. The number of nitrogens with one attached hydrogen (secondary N) is 1. The van der Waals surface area contributed by atoms with Crippen LogP contribution in [0.5, 0.6) is 0 Å². The van der Waals surface area contributed by atoms with E-state index in [4.69, 9.17) is 10.8 Å². The monoisotopic (exact) mass is 268 g/mol. The molecule has 1 rings (SSSR count).